The number of methoxy groups -OCH3 is 2. The predicted molar refractivity (Wildman–Crippen MR) is 104 cm³/mol. The van der Waals surface area contributed by atoms with Crippen molar-refractivity contribution in [2.24, 2.45) is 0 Å². The van der Waals surface area contributed by atoms with E-state index < -0.39 is 0 Å². The summed E-state index contributed by atoms with van der Waals surface area (Å²) >= 11 is 0. The maximum absolute atomic E-state index is 13.1. The lowest BCUT2D eigenvalue weighted by atomic mass is 10.1. The number of aromatic nitrogens is 3. The molecule has 4 rings (SSSR count). The average molecular weight is 394 g/mol. The Hall–Kier alpha value is -3.42. The Bertz CT molecular complexity index is 989. The molecule has 3 heterocycles. The highest BCUT2D eigenvalue weighted by Crippen LogP contribution is 2.34. The van der Waals surface area contributed by atoms with Gasteiger partial charge in [-0.1, -0.05) is 0 Å². The third kappa shape index (κ3) is 3.91. The number of benzene rings is 1. The second-order valence-electron chi connectivity index (χ2n) is 6.78. The first-order valence-electron chi connectivity index (χ1n) is 9.43. The fraction of sp³-hybridized carbons (Fsp3) is 0.333. The van der Waals surface area contributed by atoms with Gasteiger partial charge in [0.25, 0.3) is 0 Å². The molecule has 0 saturated carbocycles. The van der Waals surface area contributed by atoms with Crippen molar-refractivity contribution in [3.63, 3.8) is 0 Å². The van der Waals surface area contributed by atoms with Crippen LogP contribution in [0.15, 0.2) is 47.1 Å². The topological polar surface area (TPSA) is 90.6 Å². The van der Waals surface area contributed by atoms with Crippen LogP contribution in [-0.4, -0.2) is 46.8 Å². The van der Waals surface area contributed by atoms with Crippen LogP contribution < -0.4 is 9.47 Å². The van der Waals surface area contributed by atoms with Crippen LogP contribution in [0.4, 0.5) is 0 Å². The quantitative estimate of drug-likeness (QED) is 0.635. The van der Waals surface area contributed by atoms with E-state index >= 15 is 0 Å². The van der Waals surface area contributed by atoms with Crippen LogP contribution in [0.1, 0.15) is 30.3 Å². The summed E-state index contributed by atoms with van der Waals surface area (Å²) in [4.78, 5) is 18.9. The molecule has 8 heteroatoms. The fourth-order valence-corrected chi connectivity index (χ4v) is 3.59. The largest absolute Gasteiger partial charge is 0.497 e. The van der Waals surface area contributed by atoms with E-state index in [9.17, 15) is 4.79 Å². The minimum atomic E-state index is -0.220. The number of likely N-dealkylation sites (tertiary alicyclic amines) is 1. The molecule has 1 fully saturated rings. The number of carbonyl (C=O) groups is 1. The van der Waals surface area contributed by atoms with Crippen molar-refractivity contribution in [1.82, 2.24) is 20.1 Å². The van der Waals surface area contributed by atoms with Crippen molar-refractivity contribution >= 4 is 5.91 Å². The molecule has 1 atom stereocenters. The average Bonchev–Trinajstić information content (AvgIpc) is 3.43. The summed E-state index contributed by atoms with van der Waals surface area (Å²) in [5.74, 6) is 2.22. The summed E-state index contributed by atoms with van der Waals surface area (Å²) in [5, 5.41) is 8.34. The van der Waals surface area contributed by atoms with Crippen LogP contribution >= 0.6 is 0 Å². The van der Waals surface area contributed by atoms with Crippen molar-refractivity contribution in [1.29, 1.82) is 0 Å². The number of hydrogen-bond acceptors (Lipinski definition) is 7. The Morgan fingerprint density at radius 2 is 2.00 bits per heavy atom. The summed E-state index contributed by atoms with van der Waals surface area (Å²) < 4.78 is 16.6. The maximum atomic E-state index is 13.1. The zero-order valence-corrected chi connectivity index (χ0v) is 16.4. The molecule has 1 saturated heterocycles. The molecule has 2 aromatic heterocycles. The molecule has 1 aliphatic heterocycles. The SMILES string of the molecule is COc1ccc(OC)c(CC(=O)N2CCCC2c2nnc(-c3ccncc3)o2)c1. The highest BCUT2D eigenvalue weighted by atomic mass is 16.5. The number of nitrogens with zero attached hydrogens (tertiary/aromatic N) is 4. The van der Waals surface area contributed by atoms with Gasteiger partial charge in [0, 0.05) is 30.1 Å². The Morgan fingerprint density at radius 1 is 1.17 bits per heavy atom. The van der Waals surface area contributed by atoms with Crippen molar-refractivity contribution in [2.75, 3.05) is 20.8 Å². The van der Waals surface area contributed by atoms with Crippen LogP contribution in [0, 0.1) is 0 Å². The van der Waals surface area contributed by atoms with Crippen LogP contribution in [-0.2, 0) is 11.2 Å². The molecule has 1 unspecified atom stereocenters. The normalized spacial score (nSPS) is 16.1. The number of ether oxygens (including phenoxy) is 2. The number of hydrogen-bond donors (Lipinski definition) is 0. The third-order valence-electron chi connectivity index (χ3n) is 5.06. The lowest BCUT2D eigenvalue weighted by molar-refractivity contribution is -0.131. The fourth-order valence-electron chi connectivity index (χ4n) is 3.59. The standard InChI is InChI=1S/C21H22N4O4/c1-27-16-5-6-18(28-2)15(12-16)13-19(26)25-11-3-4-17(25)21-24-23-20(29-21)14-7-9-22-10-8-14/h5-10,12,17H,3-4,11,13H2,1-2H3. The van der Waals surface area contributed by atoms with Gasteiger partial charge in [0.15, 0.2) is 0 Å². The molecule has 8 nitrogen and oxygen atoms in total. The minimum absolute atomic E-state index is 0.0114. The number of carbonyl (C=O) groups excluding carboxylic acids is 1. The van der Waals surface area contributed by atoms with Gasteiger partial charge in [0.1, 0.15) is 17.5 Å². The minimum Gasteiger partial charge on any atom is -0.497 e. The predicted octanol–water partition coefficient (Wildman–Crippen LogP) is 3.06. The van der Waals surface area contributed by atoms with Gasteiger partial charge in [-0.3, -0.25) is 9.78 Å². The van der Waals surface area contributed by atoms with Gasteiger partial charge in [-0.25, -0.2) is 0 Å². The van der Waals surface area contributed by atoms with Crippen LogP contribution in [0.25, 0.3) is 11.5 Å². The zero-order valence-electron chi connectivity index (χ0n) is 16.4. The van der Waals surface area contributed by atoms with Crippen molar-refractivity contribution in [2.45, 2.75) is 25.3 Å². The highest BCUT2D eigenvalue weighted by molar-refractivity contribution is 5.80. The molecule has 150 valence electrons. The Balaban J connectivity index is 1.53. The zero-order chi connectivity index (χ0) is 20.2. The van der Waals surface area contributed by atoms with Crippen molar-refractivity contribution in [3.8, 4) is 23.0 Å². The van der Waals surface area contributed by atoms with Crippen molar-refractivity contribution in [3.05, 3.63) is 54.2 Å². The lowest BCUT2D eigenvalue weighted by Gasteiger charge is -2.22. The van der Waals surface area contributed by atoms with Gasteiger partial charge in [-0.05, 0) is 43.2 Å². The Labute approximate surface area is 168 Å². The van der Waals surface area contributed by atoms with E-state index in [0.29, 0.717) is 29.8 Å². The molecule has 0 radical (unpaired) electrons. The van der Waals surface area contributed by atoms with E-state index in [4.69, 9.17) is 13.9 Å². The summed E-state index contributed by atoms with van der Waals surface area (Å²) in [6.45, 7) is 0.656. The number of rotatable bonds is 6. The molecule has 0 spiro atoms. The lowest BCUT2D eigenvalue weighted by Crippen LogP contribution is -2.32. The van der Waals surface area contributed by atoms with Crippen molar-refractivity contribution < 1.29 is 18.7 Å². The highest BCUT2D eigenvalue weighted by Gasteiger charge is 2.34. The molecule has 29 heavy (non-hydrogen) atoms. The molecule has 0 N–H and O–H groups in total. The summed E-state index contributed by atoms with van der Waals surface area (Å²) in [6, 6.07) is 8.85. The van der Waals surface area contributed by atoms with Gasteiger partial charge in [0.05, 0.1) is 20.6 Å². The smallest absolute Gasteiger partial charge is 0.247 e. The molecule has 1 amide bonds. The van der Waals surface area contributed by atoms with Gasteiger partial charge in [-0.15, -0.1) is 10.2 Å². The van der Waals surface area contributed by atoms with E-state index in [-0.39, 0.29) is 18.4 Å². The first-order chi connectivity index (χ1) is 14.2. The second kappa shape index (κ2) is 8.30. The molecular formula is C21H22N4O4. The first-order valence-corrected chi connectivity index (χ1v) is 9.43. The second-order valence-corrected chi connectivity index (χ2v) is 6.78. The van der Waals surface area contributed by atoms with E-state index in [2.05, 4.69) is 15.2 Å². The van der Waals surface area contributed by atoms with E-state index in [1.54, 1.807) is 26.6 Å². The van der Waals surface area contributed by atoms with Crippen LogP contribution in [0.3, 0.4) is 0 Å². The molecule has 0 aliphatic carbocycles. The van der Waals surface area contributed by atoms with Gasteiger partial charge >= 0.3 is 0 Å². The Kier molecular flexibility index (Phi) is 5.41. The Morgan fingerprint density at radius 3 is 2.76 bits per heavy atom. The summed E-state index contributed by atoms with van der Waals surface area (Å²) in [5.41, 5.74) is 1.58. The third-order valence-corrected chi connectivity index (χ3v) is 5.06. The molecular weight excluding hydrogens is 372 g/mol. The summed E-state index contributed by atoms with van der Waals surface area (Å²) in [7, 11) is 3.19. The van der Waals surface area contributed by atoms with Gasteiger partial charge in [0.2, 0.25) is 17.7 Å². The number of pyridine rings is 1. The molecule has 1 aromatic carbocycles. The first kappa shape index (κ1) is 18.9. The summed E-state index contributed by atoms with van der Waals surface area (Å²) in [6.07, 6.45) is 5.23. The van der Waals surface area contributed by atoms with E-state index in [1.165, 1.54) is 0 Å². The van der Waals surface area contributed by atoms with Gasteiger partial charge < -0.3 is 18.8 Å². The van der Waals surface area contributed by atoms with Crippen LogP contribution in [0.2, 0.25) is 0 Å². The van der Waals surface area contributed by atoms with Crippen LogP contribution in [0.5, 0.6) is 11.5 Å². The maximum Gasteiger partial charge on any atom is 0.247 e. The van der Waals surface area contributed by atoms with E-state index in [1.807, 2.05) is 35.2 Å². The molecule has 1 aliphatic rings. The van der Waals surface area contributed by atoms with Gasteiger partial charge in [-0.2, -0.15) is 0 Å². The number of amides is 1. The molecule has 0 bridgehead atoms. The molecule has 3 aromatic rings. The van der Waals surface area contributed by atoms with E-state index in [0.717, 1.165) is 24.0 Å². The monoisotopic (exact) mass is 394 g/mol.